The molecule has 0 aliphatic rings. The number of halogens is 1. The Bertz CT molecular complexity index is 628. The number of hydrogen-bond donors (Lipinski definition) is 1. The van der Waals surface area contributed by atoms with Crippen LogP contribution in [0.15, 0.2) is 24.3 Å². The Balaban J connectivity index is 2.28. The van der Waals surface area contributed by atoms with Crippen LogP contribution in [0.3, 0.4) is 0 Å². The molecule has 1 aromatic carbocycles. The number of carbonyl (C=O) groups is 1. The first-order valence-electron chi connectivity index (χ1n) is 6.60. The summed E-state index contributed by atoms with van der Waals surface area (Å²) < 4.78 is 6.83. The molecule has 0 bridgehead atoms. The van der Waals surface area contributed by atoms with E-state index in [1.807, 2.05) is 25.1 Å². The maximum atomic E-state index is 11.3. The fraction of sp³-hybridized carbons (Fsp3) is 0.357. The van der Waals surface area contributed by atoms with Crippen LogP contribution in [0.4, 0.5) is 0 Å². The molecule has 0 saturated carbocycles. The average Bonchev–Trinajstić information content (AvgIpc) is 2.85. The van der Waals surface area contributed by atoms with Crippen molar-refractivity contribution in [3.05, 3.63) is 46.2 Å². The van der Waals surface area contributed by atoms with Gasteiger partial charge in [-0.15, -0.1) is 5.10 Å². The normalized spacial score (nSPS) is 10.8. The molecule has 0 fully saturated rings. The standard InChI is InChI=1S/C14H16ClN3O3/c1-2-21-8-7-18-12(13(14(19)20)16-17-18)9-10-5-3-4-6-11(10)15/h3-6H,2,7-9H2,1H3,(H,19,20). The van der Waals surface area contributed by atoms with E-state index in [1.54, 1.807) is 10.7 Å². The summed E-state index contributed by atoms with van der Waals surface area (Å²) >= 11 is 6.13. The molecule has 21 heavy (non-hydrogen) atoms. The number of carboxylic acids is 1. The number of ether oxygens (including phenoxy) is 1. The van der Waals surface area contributed by atoms with Gasteiger partial charge < -0.3 is 9.84 Å². The lowest BCUT2D eigenvalue weighted by Gasteiger charge is -2.08. The molecule has 0 unspecified atom stereocenters. The summed E-state index contributed by atoms with van der Waals surface area (Å²) in [6.45, 7) is 3.40. The van der Waals surface area contributed by atoms with Crippen LogP contribution in [0.25, 0.3) is 0 Å². The van der Waals surface area contributed by atoms with Gasteiger partial charge in [-0.2, -0.15) is 0 Å². The number of aromatic nitrogens is 3. The van der Waals surface area contributed by atoms with Crippen LogP contribution < -0.4 is 0 Å². The number of rotatable bonds is 7. The van der Waals surface area contributed by atoms with Gasteiger partial charge in [0.15, 0.2) is 5.69 Å². The summed E-state index contributed by atoms with van der Waals surface area (Å²) in [6, 6.07) is 7.31. The highest BCUT2D eigenvalue weighted by atomic mass is 35.5. The van der Waals surface area contributed by atoms with Gasteiger partial charge in [-0.1, -0.05) is 35.0 Å². The smallest absolute Gasteiger partial charge is 0.358 e. The molecule has 1 aromatic heterocycles. The Labute approximate surface area is 127 Å². The van der Waals surface area contributed by atoms with Gasteiger partial charge in [-0.25, -0.2) is 9.48 Å². The number of hydrogen-bond acceptors (Lipinski definition) is 4. The Hall–Kier alpha value is -1.92. The second kappa shape index (κ2) is 7.19. The monoisotopic (exact) mass is 309 g/mol. The lowest BCUT2D eigenvalue weighted by atomic mass is 10.1. The highest BCUT2D eigenvalue weighted by Crippen LogP contribution is 2.20. The predicted molar refractivity (Wildman–Crippen MR) is 77.7 cm³/mol. The first kappa shape index (κ1) is 15.5. The Morgan fingerprint density at radius 1 is 1.43 bits per heavy atom. The van der Waals surface area contributed by atoms with Crippen molar-refractivity contribution in [2.24, 2.45) is 0 Å². The van der Waals surface area contributed by atoms with Crippen molar-refractivity contribution < 1.29 is 14.6 Å². The predicted octanol–water partition coefficient (Wildman–Crippen LogP) is 2.26. The van der Waals surface area contributed by atoms with Gasteiger partial charge in [0.05, 0.1) is 18.8 Å². The summed E-state index contributed by atoms with van der Waals surface area (Å²) in [6.07, 6.45) is 0.362. The fourth-order valence-electron chi connectivity index (χ4n) is 1.97. The summed E-state index contributed by atoms with van der Waals surface area (Å²) in [5, 5.41) is 17.4. The number of nitrogens with zero attached hydrogens (tertiary/aromatic N) is 3. The fourth-order valence-corrected chi connectivity index (χ4v) is 2.17. The van der Waals surface area contributed by atoms with Crippen molar-refractivity contribution in [1.82, 2.24) is 15.0 Å². The van der Waals surface area contributed by atoms with Gasteiger partial charge in [0, 0.05) is 18.1 Å². The molecular weight excluding hydrogens is 294 g/mol. The topological polar surface area (TPSA) is 77.2 Å². The van der Waals surface area contributed by atoms with Crippen molar-refractivity contribution in [3.63, 3.8) is 0 Å². The van der Waals surface area contributed by atoms with Crippen LogP contribution in [0.2, 0.25) is 5.02 Å². The van der Waals surface area contributed by atoms with Crippen LogP contribution in [0.1, 0.15) is 28.7 Å². The third-order valence-corrected chi connectivity index (χ3v) is 3.38. The lowest BCUT2D eigenvalue weighted by Crippen LogP contribution is -2.13. The highest BCUT2D eigenvalue weighted by Gasteiger charge is 2.19. The van der Waals surface area contributed by atoms with E-state index in [0.717, 1.165) is 5.56 Å². The maximum Gasteiger partial charge on any atom is 0.358 e. The van der Waals surface area contributed by atoms with Gasteiger partial charge in [0.25, 0.3) is 0 Å². The Morgan fingerprint density at radius 3 is 2.86 bits per heavy atom. The summed E-state index contributed by atoms with van der Waals surface area (Å²) in [7, 11) is 0. The largest absolute Gasteiger partial charge is 0.476 e. The second-order valence-corrected chi connectivity index (χ2v) is 4.79. The molecule has 0 aliphatic heterocycles. The molecule has 0 aliphatic carbocycles. The number of benzene rings is 1. The third kappa shape index (κ3) is 3.80. The third-order valence-electron chi connectivity index (χ3n) is 3.01. The van der Waals surface area contributed by atoms with E-state index in [-0.39, 0.29) is 5.69 Å². The first-order valence-corrected chi connectivity index (χ1v) is 6.98. The molecule has 0 spiro atoms. The molecule has 2 aromatic rings. The Morgan fingerprint density at radius 2 is 2.19 bits per heavy atom. The van der Waals surface area contributed by atoms with Gasteiger partial charge in [0.2, 0.25) is 0 Å². The molecule has 7 heteroatoms. The summed E-state index contributed by atoms with van der Waals surface area (Å²) in [5.41, 5.74) is 1.31. The van der Waals surface area contributed by atoms with Crippen molar-refractivity contribution >= 4 is 17.6 Å². The SMILES string of the molecule is CCOCCn1nnc(C(=O)O)c1Cc1ccccc1Cl. The van der Waals surface area contributed by atoms with Crippen LogP contribution in [0, 0.1) is 0 Å². The van der Waals surface area contributed by atoms with E-state index in [0.29, 0.717) is 36.9 Å². The lowest BCUT2D eigenvalue weighted by molar-refractivity contribution is 0.0689. The van der Waals surface area contributed by atoms with E-state index in [2.05, 4.69) is 10.3 Å². The van der Waals surface area contributed by atoms with Crippen molar-refractivity contribution in [2.45, 2.75) is 19.9 Å². The molecule has 1 N–H and O–H groups in total. The minimum atomic E-state index is -1.10. The van der Waals surface area contributed by atoms with E-state index in [4.69, 9.17) is 16.3 Å². The molecular formula is C14H16ClN3O3. The molecule has 0 amide bonds. The van der Waals surface area contributed by atoms with Crippen molar-refractivity contribution in [3.8, 4) is 0 Å². The van der Waals surface area contributed by atoms with Crippen LogP contribution >= 0.6 is 11.6 Å². The van der Waals surface area contributed by atoms with Crippen LogP contribution in [-0.4, -0.2) is 39.3 Å². The zero-order valence-electron chi connectivity index (χ0n) is 11.6. The molecule has 2 rings (SSSR count). The number of carboxylic acid groups (broad SMARTS) is 1. The van der Waals surface area contributed by atoms with Gasteiger partial charge in [-0.3, -0.25) is 0 Å². The van der Waals surface area contributed by atoms with Crippen LogP contribution in [0.5, 0.6) is 0 Å². The van der Waals surface area contributed by atoms with E-state index in [9.17, 15) is 9.90 Å². The van der Waals surface area contributed by atoms with Gasteiger partial charge in [0.1, 0.15) is 0 Å². The minimum absolute atomic E-state index is 0.0496. The molecule has 0 radical (unpaired) electrons. The molecule has 1 heterocycles. The average molecular weight is 310 g/mol. The number of aromatic carboxylic acids is 1. The van der Waals surface area contributed by atoms with E-state index >= 15 is 0 Å². The second-order valence-electron chi connectivity index (χ2n) is 4.38. The molecule has 0 saturated heterocycles. The van der Waals surface area contributed by atoms with Gasteiger partial charge in [-0.05, 0) is 18.6 Å². The van der Waals surface area contributed by atoms with Crippen molar-refractivity contribution in [1.29, 1.82) is 0 Å². The van der Waals surface area contributed by atoms with Gasteiger partial charge >= 0.3 is 5.97 Å². The minimum Gasteiger partial charge on any atom is -0.476 e. The highest BCUT2D eigenvalue weighted by molar-refractivity contribution is 6.31. The zero-order chi connectivity index (χ0) is 15.2. The maximum absolute atomic E-state index is 11.3. The molecule has 112 valence electrons. The Kier molecular flexibility index (Phi) is 5.30. The summed E-state index contributed by atoms with van der Waals surface area (Å²) in [4.78, 5) is 11.3. The van der Waals surface area contributed by atoms with E-state index < -0.39 is 5.97 Å². The molecule has 0 atom stereocenters. The van der Waals surface area contributed by atoms with E-state index in [1.165, 1.54) is 0 Å². The van der Waals surface area contributed by atoms with Crippen molar-refractivity contribution in [2.75, 3.05) is 13.2 Å². The van der Waals surface area contributed by atoms with Crippen LogP contribution in [-0.2, 0) is 17.7 Å². The first-order chi connectivity index (χ1) is 10.1. The zero-order valence-corrected chi connectivity index (χ0v) is 12.4. The molecule has 6 nitrogen and oxygen atoms in total. The summed E-state index contributed by atoms with van der Waals surface area (Å²) in [5.74, 6) is -1.10. The quantitative estimate of drug-likeness (QED) is 0.794.